The van der Waals surface area contributed by atoms with E-state index in [1.165, 1.54) is 12.8 Å². The van der Waals surface area contributed by atoms with Crippen LogP contribution in [0.1, 0.15) is 24.1 Å². The molecule has 0 saturated carbocycles. The zero-order chi connectivity index (χ0) is 12.1. The lowest BCUT2D eigenvalue weighted by atomic mass is 10.1. The number of hydrogen-bond acceptors (Lipinski definition) is 4. The lowest BCUT2D eigenvalue weighted by Crippen LogP contribution is -2.35. The third-order valence-electron chi connectivity index (χ3n) is 3.13. The summed E-state index contributed by atoms with van der Waals surface area (Å²) >= 11 is 0. The molecule has 0 bridgehead atoms. The normalized spacial score (nSPS) is 19.5. The Morgan fingerprint density at radius 1 is 1.65 bits per heavy atom. The van der Waals surface area contributed by atoms with E-state index in [2.05, 4.69) is 28.3 Å². The van der Waals surface area contributed by atoms with Gasteiger partial charge >= 0.3 is 0 Å². The van der Waals surface area contributed by atoms with Gasteiger partial charge in [-0.2, -0.15) is 5.26 Å². The minimum absolute atomic E-state index is 0.540. The van der Waals surface area contributed by atoms with E-state index in [-0.39, 0.29) is 0 Å². The minimum atomic E-state index is 0.540. The summed E-state index contributed by atoms with van der Waals surface area (Å²) in [6.45, 7) is 2.95. The monoisotopic (exact) mass is 230 g/mol. The molecule has 1 aliphatic rings. The van der Waals surface area contributed by atoms with Gasteiger partial charge in [-0.05, 0) is 32.5 Å². The molecule has 0 aromatic carbocycles. The maximum atomic E-state index is 8.97. The smallest absolute Gasteiger partial charge is 0.144 e. The summed E-state index contributed by atoms with van der Waals surface area (Å²) in [5.41, 5.74) is 1.55. The number of nitrogens with one attached hydrogen (secondary N) is 1. The highest BCUT2D eigenvalue weighted by Crippen LogP contribution is 2.10. The standard InChI is InChI=1S/C13H18N4/c1-17(10-12-5-3-6-15-12)9-11-4-2-7-16-13(11)8-14/h2,4,7,12,15H,3,5-6,9-10H2,1H3. The molecule has 1 unspecified atom stereocenters. The maximum Gasteiger partial charge on any atom is 0.144 e. The van der Waals surface area contributed by atoms with E-state index < -0.39 is 0 Å². The fraction of sp³-hybridized carbons (Fsp3) is 0.538. The van der Waals surface area contributed by atoms with E-state index in [1.54, 1.807) is 6.20 Å². The Hall–Kier alpha value is -1.44. The fourth-order valence-corrected chi connectivity index (χ4v) is 2.31. The maximum absolute atomic E-state index is 8.97. The Kier molecular flexibility index (Phi) is 4.08. The van der Waals surface area contributed by atoms with Crippen LogP contribution < -0.4 is 5.32 Å². The van der Waals surface area contributed by atoms with Crippen molar-refractivity contribution in [1.82, 2.24) is 15.2 Å². The Labute approximate surface area is 102 Å². The average molecular weight is 230 g/mol. The van der Waals surface area contributed by atoms with Crippen LogP contribution in [0.25, 0.3) is 0 Å². The molecule has 0 spiro atoms. The Balaban J connectivity index is 1.93. The molecule has 17 heavy (non-hydrogen) atoms. The first kappa shape index (κ1) is 12.0. The van der Waals surface area contributed by atoms with E-state index in [0.717, 1.165) is 25.2 Å². The largest absolute Gasteiger partial charge is 0.313 e. The van der Waals surface area contributed by atoms with Gasteiger partial charge in [-0.15, -0.1) is 0 Å². The molecule has 0 radical (unpaired) electrons. The summed E-state index contributed by atoms with van der Waals surface area (Å²) in [4.78, 5) is 6.33. The molecule has 1 saturated heterocycles. The zero-order valence-electron chi connectivity index (χ0n) is 10.2. The van der Waals surface area contributed by atoms with Crippen LogP contribution in [0.4, 0.5) is 0 Å². The second-order valence-corrected chi connectivity index (χ2v) is 4.61. The van der Waals surface area contributed by atoms with Gasteiger partial charge in [0.15, 0.2) is 0 Å². The Bertz CT molecular complexity index is 404. The lowest BCUT2D eigenvalue weighted by Gasteiger charge is -2.21. The van der Waals surface area contributed by atoms with E-state index in [9.17, 15) is 0 Å². The van der Waals surface area contributed by atoms with Crippen LogP contribution >= 0.6 is 0 Å². The highest BCUT2D eigenvalue weighted by Gasteiger charge is 2.16. The van der Waals surface area contributed by atoms with Crippen LogP contribution in [0.15, 0.2) is 18.3 Å². The van der Waals surface area contributed by atoms with Gasteiger partial charge in [-0.25, -0.2) is 4.98 Å². The van der Waals surface area contributed by atoms with Crippen LogP contribution in [0.2, 0.25) is 0 Å². The van der Waals surface area contributed by atoms with Crippen molar-refractivity contribution in [3.63, 3.8) is 0 Å². The van der Waals surface area contributed by atoms with Crippen molar-refractivity contribution < 1.29 is 0 Å². The number of nitrogens with zero attached hydrogens (tertiary/aromatic N) is 3. The summed E-state index contributed by atoms with van der Waals surface area (Å²) in [5, 5.41) is 12.5. The molecule has 1 N–H and O–H groups in total. The van der Waals surface area contributed by atoms with Crippen molar-refractivity contribution in [2.24, 2.45) is 0 Å². The quantitative estimate of drug-likeness (QED) is 0.842. The molecule has 90 valence electrons. The Morgan fingerprint density at radius 2 is 2.53 bits per heavy atom. The van der Waals surface area contributed by atoms with Gasteiger partial charge < -0.3 is 10.2 Å². The molecule has 2 heterocycles. The van der Waals surface area contributed by atoms with Gasteiger partial charge in [0.2, 0.25) is 0 Å². The van der Waals surface area contributed by atoms with Gasteiger partial charge in [0.05, 0.1) is 0 Å². The van der Waals surface area contributed by atoms with Crippen molar-refractivity contribution in [3.05, 3.63) is 29.6 Å². The highest BCUT2D eigenvalue weighted by molar-refractivity contribution is 5.30. The van der Waals surface area contributed by atoms with Crippen LogP contribution in [0.3, 0.4) is 0 Å². The SMILES string of the molecule is CN(Cc1cccnc1C#N)CC1CCCN1. The van der Waals surface area contributed by atoms with Crippen LogP contribution in [0.5, 0.6) is 0 Å². The number of pyridine rings is 1. The van der Waals surface area contributed by atoms with Crippen molar-refractivity contribution in [1.29, 1.82) is 5.26 Å². The third kappa shape index (κ3) is 3.26. The van der Waals surface area contributed by atoms with Crippen molar-refractivity contribution >= 4 is 0 Å². The average Bonchev–Trinajstić information content (AvgIpc) is 2.82. The predicted molar refractivity (Wildman–Crippen MR) is 66.3 cm³/mol. The molecule has 1 aliphatic heterocycles. The van der Waals surface area contributed by atoms with E-state index >= 15 is 0 Å². The lowest BCUT2D eigenvalue weighted by molar-refractivity contribution is 0.292. The number of rotatable bonds is 4. The number of likely N-dealkylation sites (N-methyl/N-ethyl adjacent to an activating group) is 1. The zero-order valence-corrected chi connectivity index (χ0v) is 10.2. The number of hydrogen-bond donors (Lipinski definition) is 1. The molecule has 2 rings (SSSR count). The van der Waals surface area contributed by atoms with Crippen molar-refractivity contribution in [3.8, 4) is 6.07 Å². The van der Waals surface area contributed by atoms with E-state index in [4.69, 9.17) is 5.26 Å². The summed E-state index contributed by atoms with van der Waals surface area (Å²) < 4.78 is 0. The fourth-order valence-electron chi connectivity index (χ4n) is 2.31. The number of nitriles is 1. The molecule has 1 aromatic heterocycles. The summed E-state index contributed by atoms with van der Waals surface area (Å²) in [6.07, 6.45) is 4.19. The number of aromatic nitrogens is 1. The van der Waals surface area contributed by atoms with Crippen molar-refractivity contribution in [2.75, 3.05) is 20.1 Å². The predicted octanol–water partition coefficient (Wildman–Crippen LogP) is 1.14. The minimum Gasteiger partial charge on any atom is -0.313 e. The first-order chi connectivity index (χ1) is 8.29. The van der Waals surface area contributed by atoms with E-state index in [0.29, 0.717) is 11.7 Å². The molecule has 1 fully saturated rings. The van der Waals surface area contributed by atoms with Gasteiger partial charge in [-0.3, -0.25) is 0 Å². The van der Waals surface area contributed by atoms with Crippen LogP contribution in [-0.2, 0) is 6.54 Å². The molecule has 4 nitrogen and oxygen atoms in total. The second kappa shape index (κ2) is 5.76. The first-order valence-corrected chi connectivity index (χ1v) is 6.05. The van der Waals surface area contributed by atoms with E-state index in [1.807, 2.05) is 12.1 Å². The molecule has 1 atom stereocenters. The van der Waals surface area contributed by atoms with Crippen LogP contribution in [-0.4, -0.2) is 36.1 Å². The molecule has 4 heteroatoms. The van der Waals surface area contributed by atoms with Crippen LogP contribution in [0, 0.1) is 11.3 Å². The molecule has 0 amide bonds. The van der Waals surface area contributed by atoms with Gasteiger partial charge in [0, 0.05) is 30.9 Å². The third-order valence-corrected chi connectivity index (χ3v) is 3.13. The molecule has 1 aromatic rings. The highest BCUT2D eigenvalue weighted by atomic mass is 15.1. The van der Waals surface area contributed by atoms with Gasteiger partial charge in [0.25, 0.3) is 0 Å². The van der Waals surface area contributed by atoms with Gasteiger partial charge in [0.1, 0.15) is 11.8 Å². The topological polar surface area (TPSA) is 52.0 Å². The summed E-state index contributed by atoms with van der Waals surface area (Å²) in [5.74, 6) is 0. The molecular weight excluding hydrogens is 212 g/mol. The van der Waals surface area contributed by atoms with Crippen molar-refractivity contribution in [2.45, 2.75) is 25.4 Å². The summed E-state index contributed by atoms with van der Waals surface area (Å²) in [7, 11) is 2.09. The summed E-state index contributed by atoms with van der Waals surface area (Å²) in [6, 6.07) is 6.60. The molecule has 0 aliphatic carbocycles. The Morgan fingerprint density at radius 3 is 3.24 bits per heavy atom. The first-order valence-electron chi connectivity index (χ1n) is 6.05. The van der Waals surface area contributed by atoms with Gasteiger partial charge in [-0.1, -0.05) is 6.07 Å². The molecular formula is C13H18N4. The second-order valence-electron chi connectivity index (χ2n) is 4.61.